The summed E-state index contributed by atoms with van der Waals surface area (Å²) in [4.78, 5) is 5.05. The summed E-state index contributed by atoms with van der Waals surface area (Å²) in [6.07, 6.45) is 1.54. The van der Waals surface area contributed by atoms with E-state index in [9.17, 15) is 4.21 Å². The number of nitrogens with zero attached hydrogens (tertiary/aromatic N) is 1. The summed E-state index contributed by atoms with van der Waals surface area (Å²) >= 11 is 6.01. The van der Waals surface area contributed by atoms with Crippen LogP contribution in [-0.4, -0.2) is 9.19 Å². The summed E-state index contributed by atoms with van der Waals surface area (Å²) in [7, 11) is -1.41. The molecule has 1 aromatic heterocycles. The normalized spacial score (nSPS) is 14.9. The molecule has 4 aromatic carbocycles. The lowest BCUT2D eigenvalue weighted by Gasteiger charge is -2.30. The van der Waals surface area contributed by atoms with Crippen molar-refractivity contribution in [1.29, 1.82) is 0 Å². The number of pyridine rings is 1. The van der Waals surface area contributed by atoms with E-state index in [1.165, 1.54) is 44.5 Å². The number of hydrogen-bond acceptors (Lipinski definition) is 2. The van der Waals surface area contributed by atoms with Crippen molar-refractivity contribution in [2.75, 3.05) is 0 Å². The molecule has 34 heavy (non-hydrogen) atoms. The van der Waals surface area contributed by atoms with Crippen molar-refractivity contribution in [1.82, 2.24) is 4.98 Å². The van der Waals surface area contributed by atoms with Crippen LogP contribution >= 0.6 is 11.6 Å². The Bertz CT molecular complexity index is 1580. The Balaban J connectivity index is 1.55. The molecule has 1 spiro atoms. The second kappa shape index (κ2) is 7.23. The van der Waals surface area contributed by atoms with Crippen LogP contribution in [-0.2, 0) is 16.2 Å². The molecule has 0 saturated carbocycles. The van der Waals surface area contributed by atoms with Crippen LogP contribution in [0.2, 0.25) is 5.02 Å². The van der Waals surface area contributed by atoms with Crippen LogP contribution < -0.4 is 0 Å². The number of fused-ring (bicyclic) bond motifs is 10. The minimum absolute atomic E-state index is 0.438. The van der Waals surface area contributed by atoms with E-state index in [1.54, 1.807) is 18.3 Å². The molecule has 0 aliphatic heterocycles. The van der Waals surface area contributed by atoms with Crippen molar-refractivity contribution < 1.29 is 4.21 Å². The Labute approximate surface area is 205 Å². The SMILES string of the molecule is O=S(c1ccc2c(c1)C1(c3ccccc3-c3ccccc31)c1ccccc1-2)c1ccc(Cl)cn1. The van der Waals surface area contributed by atoms with Gasteiger partial charge in [-0.05, 0) is 68.8 Å². The zero-order valence-electron chi connectivity index (χ0n) is 18.0. The third-order valence-electron chi connectivity index (χ3n) is 7.07. The van der Waals surface area contributed by atoms with Crippen LogP contribution in [0.1, 0.15) is 22.3 Å². The molecular formula is C30H18ClNOS. The van der Waals surface area contributed by atoms with Crippen LogP contribution in [0.3, 0.4) is 0 Å². The van der Waals surface area contributed by atoms with Crippen molar-refractivity contribution in [2.45, 2.75) is 15.3 Å². The molecular weight excluding hydrogens is 458 g/mol. The molecule has 7 rings (SSSR count). The highest BCUT2D eigenvalue weighted by molar-refractivity contribution is 7.85. The third kappa shape index (κ3) is 2.51. The van der Waals surface area contributed by atoms with Gasteiger partial charge < -0.3 is 0 Å². The second-order valence-corrected chi connectivity index (χ2v) is 10.5. The van der Waals surface area contributed by atoms with Gasteiger partial charge in [0.05, 0.1) is 10.4 Å². The molecule has 2 aliphatic carbocycles. The summed E-state index contributed by atoms with van der Waals surface area (Å²) in [5, 5.41) is 1.03. The summed E-state index contributed by atoms with van der Waals surface area (Å²) < 4.78 is 13.5. The highest BCUT2D eigenvalue weighted by Crippen LogP contribution is 2.62. The molecule has 2 nitrogen and oxygen atoms in total. The Morgan fingerprint density at radius 2 is 1.15 bits per heavy atom. The zero-order chi connectivity index (χ0) is 22.9. The number of hydrogen-bond donors (Lipinski definition) is 0. The van der Waals surface area contributed by atoms with Gasteiger partial charge in [-0.2, -0.15) is 0 Å². The van der Waals surface area contributed by atoms with Gasteiger partial charge in [0.25, 0.3) is 0 Å². The average Bonchev–Trinajstić information content (AvgIpc) is 3.36. The Morgan fingerprint density at radius 1 is 0.618 bits per heavy atom. The van der Waals surface area contributed by atoms with Gasteiger partial charge in [-0.3, -0.25) is 0 Å². The smallest absolute Gasteiger partial charge is 0.132 e. The van der Waals surface area contributed by atoms with Gasteiger partial charge in [-0.1, -0.05) is 90.5 Å². The Morgan fingerprint density at radius 3 is 1.68 bits per heavy atom. The maximum atomic E-state index is 13.5. The fourth-order valence-electron chi connectivity index (χ4n) is 5.78. The standard InChI is InChI=1S/C30H18ClNOS/c31-19-13-16-29(32-18-19)34(33)20-14-15-24-23-9-3-6-12-27(23)30(28(24)17-20)25-10-4-1-7-21(25)22-8-2-5-11-26(22)30/h1-18H. The largest absolute Gasteiger partial charge is 0.247 e. The fourth-order valence-corrected chi connectivity index (χ4v) is 6.89. The minimum Gasteiger partial charge on any atom is -0.247 e. The molecule has 1 atom stereocenters. The van der Waals surface area contributed by atoms with E-state index < -0.39 is 16.2 Å². The quantitative estimate of drug-likeness (QED) is 0.263. The molecule has 2 aliphatic rings. The average molecular weight is 476 g/mol. The molecule has 1 unspecified atom stereocenters. The summed E-state index contributed by atoms with van der Waals surface area (Å²) in [6.45, 7) is 0. The molecule has 5 aromatic rings. The van der Waals surface area contributed by atoms with Gasteiger partial charge in [-0.25, -0.2) is 9.19 Å². The first-order valence-electron chi connectivity index (χ1n) is 11.2. The molecule has 0 radical (unpaired) electrons. The zero-order valence-corrected chi connectivity index (χ0v) is 19.6. The third-order valence-corrected chi connectivity index (χ3v) is 8.60. The maximum absolute atomic E-state index is 13.5. The fraction of sp³-hybridized carbons (Fsp3) is 0.0333. The summed E-state index contributed by atoms with van der Waals surface area (Å²) in [5.74, 6) is 0. The molecule has 0 saturated heterocycles. The van der Waals surface area contributed by atoms with E-state index in [4.69, 9.17) is 11.6 Å². The van der Waals surface area contributed by atoms with Crippen molar-refractivity contribution in [3.05, 3.63) is 137 Å². The number of benzene rings is 4. The first kappa shape index (κ1) is 19.9. The first-order chi connectivity index (χ1) is 16.7. The summed E-state index contributed by atoms with van der Waals surface area (Å²) in [5.41, 5.74) is 9.48. The van der Waals surface area contributed by atoms with E-state index in [0.29, 0.717) is 10.0 Å². The highest BCUT2D eigenvalue weighted by Gasteiger charge is 2.51. The predicted octanol–water partition coefficient (Wildman–Crippen LogP) is 7.25. The summed E-state index contributed by atoms with van der Waals surface area (Å²) in [6, 6.07) is 35.7. The molecule has 0 bridgehead atoms. The van der Waals surface area contributed by atoms with Gasteiger partial charge in [0.15, 0.2) is 0 Å². The Kier molecular flexibility index (Phi) is 4.23. The molecule has 0 fully saturated rings. The van der Waals surface area contributed by atoms with Crippen molar-refractivity contribution in [2.24, 2.45) is 0 Å². The van der Waals surface area contributed by atoms with E-state index in [-0.39, 0.29) is 0 Å². The topological polar surface area (TPSA) is 30.0 Å². The van der Waals surface area contributed by atoms with Crippen LogP contribution in [0.4, 0.5) is 0 Å². The highest BCUT2D eigenvalue weighted by atomic mass is 35.5. The first-order valence-corrected chi connectivity index (χ1v) is 12.7. The predicted molar refractivity (Wildman–Crippen MR) is 137 cm³/mol. The van der Waals surface area contributed by atoms with Crippen molar-refractivity contribution in [3.63, 3.8) is 0 Å². The number of rotatable bonds is 2. The van der Waals surface area contributed by atoms with E-state index >= 15 is 0 Å². The lowest BCUT2D eigenvalue weighted by Crippen LogP contribution is -2.26. The molecule has 162 valence electrons. The lowest BCUT2D eigenvalue weighted by atomic mass is 9.70. The number of aromatic nitrogens is 1. The second-order valence-electron chi connectivity index (χ2n) is 8.68. The van der Waals surface area contributed by atoms with Gasteiger partial charge >= 0.3 is 0 Å². The van der Waals surface area contributed by atoms with Gasteiger partial charge in [0, 0.05) is 11.1 Å². The van der Waals surface area contributed by atoms with Crippen molar-refractivity contribution >= 4 is 22.4 Å². The lowest BCUT2D eigenvalue weighted by molar-refractivity contribution is 0.680. The van der Waals surface area contributed by atoms with E-state index in [0.717, 1.165) is 4.90 Å². The van der Waals surface area contributed by atoms with Gasteiger partial charge in [-0.15, -0.1) is 0 Å². The maximum Gasteiger partial charge on any atom is 0.132 e. The Hall–Kier alpha value is -3.53. The van der Waals surface area contributed by atoms with Gasteiger partial charge in [0.2, 0.25) is 0 Å². The number of halogens is 1. The van der Waals surface area contributed by atoms with E-state index in [1.807, 2.05) is 6.07 Å². The molecule has 4 heteroatoms. The monoisotopic (exact) mass is 475 g/mol. The minimum atomic E-state index is -1.41. The van der Waals surface area contributed by atoms with Crippen LogP contribution in [0.15, 0.2) is 119 Å². The van der Waals surface area contributed by atoms with Crippen LogP contribution in [0, 0.1) is 0 Å². The van der Waals surface area contributed by atoms with Crippen LogP contribution in [0.5, 0.6) is 0 Å². The molecule has 0 amide bonds. The van der Waals surface area contributed by atoms with Gasteiger partial charge in [0.1, 0.15) is 15.8 Å². The van der Waals surface area contributed by atoms with E-state index in [2.05, 4.69) is 89.9 Å². The molecule has 0 N–H and O–H groups in total. The molecule has 1 heterocycles. The van der Waals surface area contributed by atoms with Crippen LogP contribution in [0.25, 0.3) is 22.3 Å². The van der Waals surface area contributed by atoms with Crippen molar-refractivity contribution in [3.8, 4) is 22.3 Å².